The lowest BCUT2D eigenvalue weighted by Crippen LogP contribution is -2.57. The van der Waals surface area contributed by atoms with Crippen molar-refractivity contribution in [2.24, 2.45) is 5.92 Å². The monoisotopic (exact) mass is 508 g/mol. The molecule has 0 aliphatic heterocycles. The Morgan fingerprint density at radius 2 is 1.81 bits per heavy atom. The molecule has 0 radical (unpaired) electrons. The van der Waals surface area contributed by atoms with E-state index in [1.54, 1.807) is 44.7 Å². The number of fused-ring (bicyclic) bond motifs is 1. The van der Waals surface area contributed by atoms with E-state index in [0.717, 1.165) is 15.8 Å². The van der Waals surface area contributed by atoms with Gasteiger partial charge in [0.05, 0.1) is 21.1 Å². The minimum absolute atomic E-state index is 0.0340. The van der Waals surface area contributed by atoms with Crippen LogP contribution in [0, 0.1) is 12.8 Å². The Bertz CT molecular complexity index is 1260. The first-order valence-corrected chi connectivity index (χ1v) is 12.4. The second kappa shape index (κ2) is 10.8. The molecule has 3 unspecified atom stereocenters. The van der Waals surface area contributed by atoms with Gasteiger partial charge in [-0.15, -0.1) is 11.3 Å². The maximum absolute atomic E-state index is 13.1. The van der Waals surface area contributed by atoms with Gasteiger partial charge in [-0.25, -0.2) is 4.98 Å². The van der Waals surface area contributed by atoms with Crippen LogP contribution in [0.1, 0.15) is 34.5 Å². The van der Waals surface area contributed by atoms with Crippen molar-refractivity contribution in [2.75, 3.05) is 19.4 Å². The molecule has 3 aromatic rings. The van der Waals surface area contributed by atoms with Crippen LogP contribution in [0.15, 0.2) is 42.7 Å². The highest BCUT2D eigenvalue weighted by atomic mass is 32.1. The van der Waals surface area contributed by atoms with Gasteiger partial charge in [-0.05, 0) is 56.0 Å². The van der Waals surface area contributed by atoms with Crippen LogP contribution in [-0.2, 0) is 14.4 Å². The van der Waals surface area contributed by atoms with Crippen LogP contribution in [0.3, 0.4) is 0 Å². The number of hydrogen-bond donors (Lipinski definition) is 3. The first-order chi connectivity index (χ1) is 17.2. The highest BCUT2D eigenvalue weighted by molar-refractivity contribution is 7.20. The third-order valence-corrected chi connectivity index (χ3v) is 7.23. The van der Waals surface area contributed by atoms with Crippen LogP contribution in [0.5, 0.6) is 0 Å². The van der Waals surface area contributed by atoms with Gasteiger partial charge in [0.15, 0.2) is 0 Å². The standard InChI is InChI=1S/C25H28N6O4S/c1-14-6-9-21(27-13-14)30-24(34)23(33)28-16-8-7-15(25(35)31(2)3)11-17(16)29-22(32)20-12-18-19(36-20)5-4-10-26-18/h4-6,9-10,12-13,15-17H,7-8,11H2,1-3H3,(H,28,33)(H,29,32)(H,27,30,34). The first kappa shape index (κ1) is 25.2. The number of aryl methyl sites for hydroxylation is 1. The van der Waals surface area contributed by atoms with Crippen molar-refractivity contribution in [3.8, 4) is 0 Å². The third-order valence-electron chi connectivity index (χ3n) is 6.14. The van der Waals surface area contributed by atoms with Crippen LogP contribution in [-0.4, -0.2) is 64.7 Å². The Morgan fingerprint density at radius 1 is 1.00 bits per heavy atom. The molecule has 11 heteroatoms. The molecule has 1 aliphatic rings. The second-order valence-electron chi connectivity index (χ2n) is 9.07. The van der Waals surface area contributed by atoms with Gasteiger partial charge in [-0.3, -0.25) is 24.2 Å². The fourth-order valence-corrected chi connectivity index (χ4v) is 5.18. The van der Waals surface area contributed by atoms with Crippen LogP contribution in [0.25, 0.3) is 10.2 Å². The SMILES string of the molecule is Cc1ccc(NC(=O)C(=O)NC2CCC(C(=O)N(C)C)CC2NC(=O)c2cc3ncccc3s2)nc1. The Kier molecular flexibility index (Phi) is 7.58. The van der Waals surface area contributed by atoms with Crippen molar-refractivity contribution in [3.05, 3.63) is 53.2 Å². The van der Waals surface area contributed by atoms with E-state index in [4.69, 9.17) is 0 Å². The van der Waals surface area contributed by atoms with Gasteiger partial charge in [0.2, 0.25) is 5.91 Å². The minimum atomic E-state index is -0.849. The van der Waals surface area contributed by atoms with Gasteiger partial charge >= 0.3 is 11.8 Å². The van der Waals surface area contributed by atoms with E-state index in [1.165, 1.54) is 16.2 Å². The summed E-state index contributed by atoms with van der Waals surface area (Å²) in [6.45, 7) is 1.87. The van der Waals surface area contributed by atoms with Crippen LogP contribution in [0.4, 0.5) is 5.82 Å². The number of hydrogen-bond acceptors (Lipinski definition) is 7. The summed E-state index contributed by atoms with van der Waals surface area (Å²) in [5.74, 6) is -2.05. The summed E-state index contributed by atoms with van der Waals surface area (Å²) in [7, 11) is 3.38. The highest BCUT2D eigenvalue weighted by Crippen LogP contribution is 2.28. The molecule has 4 rings (SSSR count). The number of carbonyl (C=O) groups excluding carboxylic acids is 4. The molecule has 4 amide bonds. The van der Waals surface area contributed by atoms with Gasteiger partial charge in [0.25, 0.3) is 5.91 Å². The number of carbonyl (C=O) groups is 4. The number of nitrogens with one attached hydrogen (secondary N) is 3. The van der Waals surface area contributed by atoms with Crippen molar-refractivity contribution in [2.45, 2.75) is 38.3 Å². The van der Waals surface area contributed by atoms with E-state index in [9.17, 15) is 19.2 Å². The molecule has 3 atom stereocenters. The maximum Gasteiger partial charge on any atom is 0.314 e. The topological polar surface area (TPSA) is 133 Å². The summed E-state index contributed by atoms with van der Waals surface area (Å²) < 4.78 is 0.887. The molecule has 3 heterocycles. The summed E-state index contributed by atoms with van der Waals surface area (Å²) >= 11 is 1.32. The maximum atomic E-state index is 13.1. The van der Waals surface area contributed by atoms with Crippen molar-refractivity contribution in [1.29, 1.82) is 0 Å². The molecule has 3 aromatic heterocycles. The quantitative estimate of drug-likeness (QED) is 0.452. The average Bonchev–Trinajstić information content (AvgIpc) is 3.30. The number of anilines is 1. The first-order valence-electron chi connectivity index (χ1n) is 11.6. The van der Waals surface area contributed by atoms with Gasteiger partial charge in [-0.1, -0.05) is 6.07 Å². The zero-order valence-corrected chi connectivity index (χ0v) is 21.1. The Labute approximate surface area is 212 Å². The van der Waals surface area contributed by atoms with E-state index < -0.39 is 23.9 Å². The van der Waals surface area contributed by atoms with E-state index in [0.29, 0.717) is 24.1 Å². The Balaban J connectivity index is 1.47. The van der Waals surface area contributed by atoms with Crippen molar-refractivity contribution in [3.63, 3.8) is 0 Å². The number of pyridine rings is 2. The summed E-state index contributed by atoms with van der Waals surface area (Å²) in [5, 5.41) is 8.21. The fourth-order valence-electron chi connectivity index (χ4n) is 4.26. The number of rotatable bonds is 5. The highest BCUT2D eigenvalue weighted by Gasteiger charge is 2.37. The van der Waals surface area contributed by atoms with Gasteiger partial charge in [0, 0.05) is 38.4 Å². The third kappa shape index (κ3) is 5.85. The fraction of sp³-hybridized carbons (Fsp3) is 0.360. The lowest BCUT2D eigenvalue weighted by atomic mass is 9.81. The zero-order valence-electron chi connectivity index (χ0n) is 20.3. The molecule has 1 saturated carbocycles. The van der Waals surface area contributed by atoms with Gasteiger partial charge < -0.3 is 20.9 Å². The number of aromatic nitrogens is 2. The molecule has 0 saturated heterocycles. The Morgan fingerprint density at radius 3 is 2.50 bits per heavy atom. The van der Waals surface area contributed by atoms with Crippen molar-refractivity contribution >= 4 is 51.0 Å². The predicted molar refractivity (Wildman–Crippen MR) is 136 cm³/mol. The van der Waals surface area contributed by atoms with Crippen LogP contribution in [0.2, 0.25) is 0 Å². The van der Waals surface area contributed by atoms with E-state index in [-0.39, 0.29) is 23.6 Å². The summed E-state index contributed by atoms with van der Waals surface area (Å²) in [4.78, 5) is 61.2. The molecular formula is C25H28N6O4S. The van der Waals surface area contributed by atoms with Crippen LogP contribution < -0.4 is 16.0 Å². The molecule has 0 bridgehead atoms. The summed E-state index contributed by atoms with van der Waals surface area (Å²) in [6, 6.07) is 7.75. The second-order valence-corrected chi connectivity index (χ2v) is 10.2. The molecule has 36 heavy (non-hydrogen) atoms. The summed E-state index contributed by atoms with van der Waals surface area (Å²) in [5.41, 5.74) is 1.65. The van der Waals surface area contributed by atoms with E-state index >= 15 is 0 Å². The predicted octanol–water partition coefficient (Wildman–Crippen LogP) is 2.11. The minimum Gasteiger partial charge on any atom is -0.349 e. The normalized spacial score (nSPS) is 19.4. The van der Waals surface area contributed by atoms with Crippen molar-refractivity contribution in [1.82, 2.24) is 25.5 Å². The number of amides is 4. The molecular weight excluding hydrogens is 480 g/mol. The van der Waals surface area contributed by atoms with Crippen LogP contribution >= 0.6 is 11.3 Å². The molecule has 10 nitrogen and oxygen atoms in total. The number of thiophene rings is 1. The zero-order chi connectivity index (χ0) is 25.8. The molecule has 3 N–H and O–H groups in total. The van der Waals surface area contributed by atoms with Gasteiger partial charge in [0.1, 0.15) is 5.82 Å². The average molecular weight is 509 g/mol. The molecule has 1 fully saturated rings. The molecule has 188 valence electrons. The van der Waals surface area contributed by atoms with Crippen molar-refractivity contribution < 1.29 is 19.2 Å². The van der Waals surface area contributed by atoms with E-state index in [2.05, 4.69) is 25.9 Å². The summed E-state index contributed by atoms with van der Waals surface area (Å²) in [6.07, 6.45) is 4.56. The number of nitrogens with zero attached hydrogens (tertiary/aromatic N) is 3. The molecule has 0 aromatic carbocycles. The smallest absolute Gasteiger partial charge is 0.314 e. The van der Waals surface area contributed by atoms with Gasteiger partial charge in [-0.2, -0.15) is 0 Å². The lowest BCUT2D eigenvalue weighted by molar-refractivity contribution is -0.137. The largest absolute Gasteiger partial charge is 0.349 e. The molecule has 0 spiro atoms. The Hall–Kier alpha value is -3.86. The lowest BCUT2D eigenvalue weighted by Gasteiger charge is -2.37. The molecule has 1 aliphatic carbocycles. The van der Waals surface area contributed by atoms with E-state index in [1.807, 2.05) is 19.1 Å².